The summed E-state index contributed by atoms with van der Waals surface area (Å²) < 4.78 is 7.79. The van der Waals surface area contributed by atoms with Crippen LogP contribution in [0.15, 0.2) is 6.20 Å². The van der Waals surface area contributed by atoms with Crippen LogP contribution in [0.1, 0.15) is 88.7 Å². The van der Waals surface area contributed by atoms with Gasteiger partial charge in [-0.3, -0.25) is 0 Å². The van der Waals surface area contributed by atoms with Crippen LogP contribution in [0.4, 0.5) is 0 Å². The summed E-state index contributed by atoms with van der Waals surface area (Å²) in [5.74, 6) is 4.12. The molecule has 4 nitrogen and oxygen atoms in total. The number of nitrogens with two attached hydrogens (primary N) is 1. The number of hydrogen-bond donors (Lipinski definition) is 1. The molecule has 3 unspecified atom stereocenters. The van der Waals surface area contributed by atoms with E-state index in [1.54, 1.807) is 0 Å². The average Bonchev–Trinajstić information content (AvgIpc) is 2.99. The van der Waals surface area contributed by atoms with Crippen molar-refractivity contribution in [2.45, 2.75) is 83.3 Å². The van der Waals surface area contributed by atoms with E-state index in [9.17, 15) is 0 Å². The Bertz CT molecular complexity index is 547. The molecule has 4 atom stereocenters. The lowest BCUT2D eigenvalue weighted by Crippen LogP contribution is -2.25. The lowest BCUT2D eigenvalue weighted by atomic mass is 9.75. The standard InChI is InChI=1S/C21H37N3O/c1-14-5-8-17(11-15(14)2)20-13-23-21(24(20)3)19(22)12-16-6-9-18(25-4)10-7-16/h13-19H,5-12,22H2,1-4H3/t14?,15?,16?,17?,18?,19-/m0/s1. The van der Waals surface area contributed by atoms with Gasteiger partial charge in [-0.15, -0.1) is 0 Å². The highest BCUT2D eigenvalue weighted by Crippen LogP contribution is 2.40. The van der Waals surface area contributed by atoms with Gasteiger partial charge in [0.05, 0.1) is 12.1 Å². The van der Waals surface area contributed by atoms with E-state index in [0.717, 1.165) is 30.0 Å². The van der Waals surface area contributed by atoms with Crippen molar-refractivity contribution in [3.63, 3.8) is 0 Å². The van der Waals surface area contributed by atoms with Crippen LogP contribution in [-0.4, -0.2) is 22.8 Å². The Balaban J connectivity index is 1.60. The van der Waals surface area contributed by atoms with Crippen LogP contribution in [-0.2, 0) is 11.8 Å². The van der Waals surface area contributed by atoms with Gasteiger partial charge >= 0.3 is 0 Å². The van der Waals surface area contributed by atoms with Crippen LogP contribution >= 0.6 is 0 Å². The maximum absolute atomic E-state index is 6.57. The molecule has 0 radical (unpaired) electrons. The number of nitrogens with zero attached hydrogens (tertiary/aromatic N) is 2. The SMILES string of the molecule is COC1CCC(C[C@H](N)c2ncc(C3CCC(C)C(C)C3)n2C)CC1. The maximum atomic E-state index is 6.57. The molecule has 0 bridgehead atoms. The zero-order valence-corrected chi connectivity index (χ0v) is 16.6. The molecule has 3 rings (SSSR count). The monoisotopic (exact) mass is 347 g/mol. The third kappa shape index (κ3) is 4.28. The largest absolute Gasteiger partial charge is 0.381 e. The summed E-state index contributed by atoms with van der Waals surface area (Å²) in [7, 11) is 4.00. The quantitative estimate of drug-likeness (QED) is 0.850. The van der Waals surface area contributed by atoms with E-state index < -0.39 is 0 Å². The maximum Gasteiger partial charge on any atom is 0.125 e. The number of methoxy groups -OCH3 is 1. The van der Waals surface area contributed by atoms with E-state index in [0.29, 0.717) is 12.0 Å². The molecule has 1 heterocycles. The highest BCUT2D eigenvalue weighted by atomic mass is 16.5. The summed E-state index contributed by atoms with van der Waals surface area (Å²) in [6.07, 6.45) is 12.4. The summed E-state index contributed by atoms with van der Waals surface area (Å²) >= 11 is 0. The Labute approximate surface area is 153 Å². The Morgan fingerprint density at radius 2 is 1.88 bits per heavy atom. The minimum absolute atomic E-state index is 0.0581. The fourth-order valence-electron chi connectivity index (χ4n) is 5.05. The van der Waals surface area contributed by atoms with Gasteiger partial charge in [-0.25, -0.2) is 4.98 Å². The van der Waals surface area contributed by atoms with E-state index >= 15 is 0 Å². The van der Waals surface area contributed by atoms with Crippen molar-refractivity contribution in [1.82, 2.24) is 9.55 Å². The van der Waals surface area contributed by atoms with Crippen LogP contribution in [0.3, 0.4) is 0 Å². The third-order valence-corrected chi connectivity index (χ3v) is 7.12. The van der Waals surface area contributed by atoms with Crippen molar-refractivity contribution in [3.8, 4) is 0 Å². The molecule has 0 aliphatic heterocycles. The normalized spacial score (nSPS) is 34.8. The molecule has 0 spiro atoms. The van der Waals surface area contributed by atoms with Crippen molar-refractivity contribution in [1.29, 1.82) is 0 Å². The predicted molar refractivity (Wildman–Crippen MR) is 102 cm³/mol. The molecule has 142 valence electrons. The smallest absolute Gasteiger partial charge is 0.125 e. The predicted octanol–water partition coefficient (Wildman–Crippen LogP) is 4.55. The van der Waals surface area contributed by atoms with E-state index in [2.05, 4.69) is 31.7 Å². The highest BCUT2D eigenvalue weighted by molar-refractivity contribution is 5.14. The topological polar surface area (TPSA) is 53.1 Å². The molecule has 25 heavy (non-hydrogen) atoms. The molecule has 2 saturated carbocycles. The first-order valence-electron chi connectivity index (χ1n) is 10.3. The van der Waals surface area contributed by atoms with Crippen molar-refractivity contribution >= 4 is 0 Å². The second-order valence-corrected chi connectivity index (χ2v) is 8.79. The number of rotatable bonds is 5. The van der Waals surface area contributed by atoms with E-state index in [1.807, 2.05) is 7.11 Å². The first kappa shape index (κ1) is 18.9. The molecule has 2 aliphatic rings. The summed E-state index contributed by atoms with van der Waals surface area (Å²) in [5.41, 5.74) is 7.97. The van der Waals surface area contributed by atoms with E-state index in [1.165, 1.54) is 50.6 Å². The van der Waals surface area contributed by atoms with Crippen molar-refractivity contribution in [3.05, 3.63) is 17.7 Å². The Kier molecular flexibility index (Phi) is 6.21. The summed E-state index contributed by atoms with van der Waals surface area (Å²) in [6.45, 7) is 4.79. The summed E-state index contributed by atoms with van der Waals surface area (Å²) in [6, 6.07) is 0.0581. The lowest BCUT2D eigenvalue weighted by molar-refractivity contribution is 0.0543. The molecule has 2 aliphatic carbocycles. The number of hydrogen-bond acceptors (Lipinski definition) is 3. The molecule has 2 N–H and O–H groups in total. The Morgan fingerprint density at radius 1 is 1.16 bits per heavy atom. The van der Waals surface area contributed by atoms with Crippen molar-refractivity contribution < 1.29 is 4.74 Å². The number of imidazole rings is 1. The van der Waals surface area contributed by atoms with Gasteiger partial charge in [0.25, 0.3) is 0 Å². The Hall–Kier alpha value is -0.870. The van der Waals surface area contributed by atoms with Gasteiger partial charge in [-0.2, -0.15) is 0 Å². The van der Waals surface area contributed by atoms with Gasteiger partial charge in [0.15, 0.2) is 0 Å². The lowest BCUT2D eigenvalue weighted by Gasteiger charge is -2.32. The van der Waals surface area contributed by atoms with Crippen molar-refractivity contribution in [2.75, 3.05) is 7.11 Å². The molecule has 2 fully saturated rings. The van der Waals surface area contributed by atoms with Gasteiger partial charge in [-0.1, -0.05) is 13.8 Å². The zero-order valence-electron chi connectivity index (χ0n) is 16.6. The van der Waals surface area contributed by atoms with Crippen LogP contribution in [0.2, 0.25) is 0 Å². The highest BCUT2D eigenvalue weighted by Gasteiger charge is 2.29. The fourth-order valence-corrected chi connectivity index (χ4v) is 5.05. The fraction of sp³-hybridized carbons (Fsp3) is 0.857. The minimum Gasteiger partial charge on any atom is -0.381 e. The first-order valence-corrected chi connectivity index (χ1v) is 10.3. The molecule has 4 heteroatoms. The van der Waals surface area contributed by atoms with E-state index in [-0.39, 0.29) is 6.04 Å². The number of ether oxygens (including phenoxy) is 1. The Morgan fingerprint density at radius 3 is 2.52 bits per heavy atom. The molecule has 1 aromatic heterocycles. The first-order chi connectivity index (χ1) is 12.0. The van der Waals surface area contributed by atoms with Gasteiger partial charge in [0.1, 0.15) is 5.82 Å². The molecule has 0 aromatic carbocycles. The third-order valence-electron chi connectivity index (χ3n) is 7.12. The van der Waals surface area contributed by atoms with Gasteiger partial charge in [0.2, 0.25) is 0 Å². The molecular weight excluding hydrogens is 310 g/mol. The van der Waals surface area contributed by atoms with Gasteiger partial charge in [0, 0.05) is 32.0 Å². The van der Waals surface area contributed by atoms with Crippen LogP contribution in [0.5, 0.6) is 0 Å². The van der Waals surface area contributed by atoms with Gasteiger partial charge < -0.3 is 15.0 Å². The van der Waals surface area contributed by atoms with E-state index in [4.69, 9.17) is 15.5 Å². The molecular formula is C21H37N3O. The minimum atomic E-state index is 0.0581. The average molecular weight is 348 g/mol. The van der Waals surface area contributed by atoms with Crippen molar-refractivity contribution in [2.24, 2.45) is 30.5 Å². The summed E-state index contributed by atoms with van der Waals surface area (Å²) in [5, 5.41) is 0. The van der Waals surface area contributed by atoms with Gasteiger partial charge in [-0.05, 0) is 69.1 Å². The molecule has 0 amide bonds. The van der Waals surface area contributed by atoms with Crippen LogP contribution in [0, 0.1) is 17.8 Å². The zero-order chi connectivity index (χ0) is 18.0. The second-order valence-electron chi connectivity index (χ2n) is 8.79. The van der Waals surface area contributed by atoms with Crippen LogP contribution < -0.4 is 5.73 Å². The summed E-state index contributed by atoms with van der Waals surface area (Å²) in [4.78, 5) is 4.74. The number of aromatic nitrogens is 2. The molecule has 1 aromatic rings. The second kappa shape index (κ2) is 8.22. The molecule has 0 saturated heterocycles. The van der Waals surface area contributed by atoms with Crippen LogP contribution in [0.25, 0.3) is 0 Å².